The number of nitrogens with one attached hydrogen (secondary N) is 2. The maximum absolute atomic E-state index is 12.2. The van der Waals surface area contributed by atoms with Crippen molar-refractivity contribution in [2.24, 2.45) is 0 Å². The number of amides is 2. The largest absolute Gasteiger partial charge is 0.481 e. The van der Waals surface area contributed by atoms with Gasteiger partial charge in [0.25, 0.3) is 5.91 Å². The van der Waals surface area contributed by atoms with E-state index in [9.17, 15) is 9.59 Å². The predicted octanol–water partition coefficient (Wildman–Crippen LogP) is 3.21. The highest BCUT2D eigenvalue weighted by Gasteiger charge is 2.17. The molecule has 8 heteroatoms. The van der Waals surface area contributed by atoms with E-state index in [1.54, 1.807) is 13.0 Å². The number of carbonyl (C=O) groups is 2. The summed E-state index contributed by atoms with van der Waals surface area (Å²) >= 11 is 0. The molecule has 3 rings (SSSR count). The van der Waals surface area contributed by atoms with Crippen molar-refractivity contribution in [2.75, 3.05) is 0 Å². The Bertz CT molecular complexity index is 1060. The zero-order valence-corrected chi connectivity index (χ0v) is 18.1. The summed E-state index contributed by atoms with van der Waals surface area (Å²) in [6.45, 7) is 7.52. The number of hydrogen-bond acceptors (Lipinski definition) is 6. The first-order valence-corrected chi connectivity index (χ1v) is 10.0. The van der Waals surface area contributed by atoms with Crippen LogP contribution in [0, 0.1) is 20.8 Å². The van der Waals surface area contributed by atoms with Crippen LogP contribution in [0.5, 0.6) is 5.75 Å². The molecule has 1 atom stereocenters. The van der Waals surface area contributed by atoms with Crippen molar-refractivity contribution in [3.05, 3.63) is 65.0 Å². The van der Waals surface area contributed by atoms with Gasteiger partial charge in [-0.05, 0) is 44.9 Å². The molecule has 1 aromatic heterocycles. The van der Waals surface area contributed by atoms with E-state index in [4.69, 9.17) is 9.26 Å². The van der Waals surface area contributed by atoms with E-state index in [-0.39, 0.29) is 18.7 Å². The number of aryl methyl sites for hydroxylation is 3. The van der Waals surface area contributed by atoms with Crippen molar-refractivity contribution in [3.63, 3.8) is 0 Å². The minimum absolute atomic E-state index is 0.0854. The number of ether oxygens (including phenoxy) is 1. The first kappa shape index (κ1) is 22.0. The second-order valence-electron chi connectivity index (χ2n) is 7.37. The second kappa shape index (κ2) is 9.88. The van der Waals surface area contributed by atoms with Crippen LogP contribution in [0.1, 0.15) is 35.9 Å². The predicted molar refractivity (Wildman–Crippen MR) is 115 cm³/mol. The van der Waals surface area contributed by atoms with Crippen LogP contribution in [0.3, 0.4) is 0 Å². The monoisotopic (exact) mass is 422 g/mol. The highest BCUT2D eigenvalue weighted by molar-refractivity contribution is 5.84. The van der Waals surface area contributed by atoms with Gasteiger partial charge in [0.15, 0.2) is 6.10 Å². The van der Waals surface area contributed by atoms with Gasteiger partial charge >= 0.3 is 0 Å². The lowest BCUT2D eigenvalue weighted by Gasteiger charge is -2.17. The summed E-state index contributed by atoms with van der Waals surface area (Å²) in [4.78, 5) is 28.6. The Balaban J connectivity index is 1.44. The molecular weight excluding hydrogens is 396 g/mol. The van der Waals surface area contributed by atoms with Crippen LogP contribution in [0.15, 0.2) is 47.0 Å². The van der Waals surface area contributed by atoms with Gasteiger partial charge in [0.1, 0.15) is 5.75 Å². The number of carbonyl (C=O) groups excluding carboxylic acids is 2. The summed E-state index contributed by atoms with van der Waals surface area (Å²) < 4.78 is 10.9. The third-order valence-electron chi connectivity index (χ3n) is 4.90. The Hall–Kier alpha value is -3.68. The molecular formula is C23H26N4O4. The normalized spacial score (nSPS) is 11.6. The summed E-state index contributed by atoms with van der Waals surface area (Å²) in [6.07, 6.45) is -0.425. The van der Waals surface area contributed by atoms with Crippen molar-refractivity contribution in [3.8, 4) is 17.1 Å². The Kier molecular flexibility index (Phi) is 7.02. The van der Waals surface area contributed by atoms with E-state index in [1.807, 2.05) is 57.2 Å². The zero-order chi connectivity index (χ0) is 22.4. The maximum Gasteiger partial charge on any atom is 0.279 e. The summed E-state index contributed by atoms with van der Waals surface area (Å²) in [5.41, 5.74) is 8.78. The second-order valence-corrected chi connectivity index (χ2v) is 7.37. The molecule has 2 N–H and O–H groups in total. The summed E-state index contributed by atoms with van der Waals surface area (Å²) in [6, 6.07) is 13.4. The Morgan fingerprint density at radius 2 is 1.81 bits per heavy atom. The minimum Gasteiger partial charge on any atom is -0.481 e. The van der Waals surface area contributed by atoms with Gasteiger partial charge in [-0.1, -0.05) is 47.1 Å². The number of benzene rings is 2. The number of nitrogens with zero attached hydrogens (tertiary/aromatic N) is 2. The molecule has 162 valence electrons. The van der Waals surface area contributed by atoms with E-state index in [0.29, 0.717) is 17.5 Å². The van der Waals surface area contributed by atoms with Crippen LogP contribution in [-0.2, 0) is 16.0 Å². The van der Waals surface area contributed by atoms with Crippen molar-refractivity contribution in [1.82, 2.24) is 21.0 Å². The first-order chi connectivity index (χ1) is 14.8. The number of aromatic nitrogens is 2. The number of hydrazine groups is 1. The van der Waals surface area contributed by atoms with Gasteiger partial charge in [-0.2, -0.15) is 4.98 Å². The van der Waals surface area contributed by atoms with Crippen LogP contribution in [0.4, 0.5) is 0 Å². The van der Waals surface area contributed by atoms with Crippen LogP contribution >= 0.6 is 0 Å². The van der Waals surface area contributed by atoms with Crippen molar-refractivity contribution in [2.45, 2.75) is 46.6 Å². The highest BCUT2D eigenvalue weighted by atomic mass is 16.5. The molecule has 1 heterocycles. The van der Waals surface area contributed by atoms with Gasteiger partial charge in [0.05, 0.1) is 0 Å². The van der Waals surface area contributed by atoms with Gasteiger partial charge < -0.3 is 9.26 Å². The molecule has 1 unspecified atom stereocenters. The average Bonchev–Trinajstić information content (AvgIpc) is 3.23. The molecule has 8 nitrogen and oxygen atoms in total. The molecule has 0 bridgehead atoms. The van der Waals surface area contributed by atoms with Gasteiger partial charge in [0, 0.05) is 18.4 Å². The zero-order valence-electron chi connectivity index (χ0n) is 18.1. The van der Waals surface area contributed by atoms with Gasteiger partial charge in [-0.25, -0.2) is 0 Å². The van der Waals surface area contributed by atoms with Crippen molar-refractivity contribution >= 4 is 11.8 Å². The fourth-order valence-electron chi connectivity index (χ4n) is 2.79. The average molecular weight is 422 g/mol. The fourth-order valence-corrected chi connectivity index (χ4v) is 2.79. The van der Waals surface area contributed by atoms with Gasteiger partial charge in [-0.15, -0.1) is 0 Å². The van der Waals surface area contributed by atoms with E-state index < -0.39 is 12.0 Å². The molecule has 0 saturated heterocycles. The van der Waals surface area contributed by atoms with Gasteiger partial charge in [0.2, 0.25) is 17.6 Å². The first-order valence-electron chi connectivity index (χ1n) is 10.0. The standard InChI is InChI=1S/C23H26N4O4/c1-14-8-10-18(11-9-14)22-24-21(31-27-22)13-12-20(28)25-26-23(29)17(4)30-19-7-5-6-15(2)16(19)3/h5-11,17H,12-13H2,1-4H3,(H,25,28)(H,26,29). The van der Waals surface area contributed by atoms with E-state index in [2.05, 4.69) is 21.0 Å². The molecule has 0 spiro atoms. The van der Waals surface area contributed by atoms with Crippen molar-refractivity contribution < 1.29 is 18.8 Å². The number of hydrogen-bond donors (Lipinski definition) is 2. The summed E-state index contributed by atoms with van der Waals surface area (Å²) in [7, 11) is 0. The van der Waals surface area contributed by atoms with Crippen LogP contribution in [0.25, 0.3) is 11.4 Å². The molecule has 0 radical (unpaired) electrons. The third kappa shape index (κ3) is 5.91. The number of rotatable bonds is 7. The van der Waals surface area contributed by atoms with Crippen LogP contribution in [0.2, 0.25) is 0 Å². The molecule has 0 aliphatic rings. The lowest BCUT2D eigenvalue weighted by atomic mass is 10.1. The lowest BCUT2D eigenvalue weighted by Crippen LogP contribution is -2.47. The van der Waals surface area contributed by atoms with E-state index in [1.165, 1.54) is 0 Å². The van der Waals surface area contributed by atoms with Gasteiger partial charge in [-0.3, -0.25) is 20.4 Å². The molecule has 0 saturated carbocycles. The highest BCUT2D eigenvalue weighted by Crippen LogP contribution is 2.21. The maximum atomic E-state index is 12.2. The molecule has 0 aliphatic carbocycles. The topological polar surface area (TPSA) is 106 Å². The van der Waals surface area contributed by atoms with Crippen LogP contribution < -0.4 is 15.6 Å². The lowest BCUT2D eigenvalue weighted by molar-refractivity contribution is -0.132. The fraction of sp³-hybridized carbons (Fsp3) is 0.304. The summed E-state index contributed by atoms with van der Waals surface area (Å²) in [5, 5.41) is 3.94. The SMILES string of the molecule is Cc1ccc(-c2noc(CCC(=O)NNC(=O)C(C)Oc3cccc(C)c3C)n2)cc1. The Morgan fingerprint density at radius 3 is 2.55 bits per heavy atom. The van der Waals surface area contributed by atoms with E-state index >= 15 is 0 Å². The molecule has 3 aromatic rings. The molecule has 0 fully saturated rings. The molecule has 2 amide bonds. The molecule has 0 aliphatic heterocycles. The van der Waals surface area contributed by atoms with Crippen molar-refractivity contribution in [1.29, 1.82) is 0 Å². The molecule has 31 heavy (non-hydrogen) atoms. The minimum atomic E-state index is -0.770. The molecule has 2 aromatic carbocycles. The Labute approximate surface area is 181 Å². The quantitative estimate of drug-likeness (QED) is 0.566. The summed E-state index contributed by atoms with van der Waals surface area (Å²) in [5.74, 6) is 0.635. The van der Waals surface area contributed by atoms with Crippen LogP contribution in [-0.4, -0.2) is 28.1 Å². The smallest absolute Gasteiger partial charge is 0.279 e. The Morgan fingerprint density at radius 1 is 1.06 bits per heavy atom. The van der Waals surface area contributed by atoms with E-state index in [0.717, 1.165) is 22.3 Å². The third-order valence-corrected chi connectivity index (χ3v) is 4.90.